The van der Waals surface area contributed by atoms with Crippen molar-refractivity contribution in [1.29, 1.82) is 0 Å². The first-order chi connectivity index (χ1) is 13.1. The smallest absolute Gasteiger partial charge is 0.334 e. The Bertz CT molecular complexity index is 1100. The van der Waals surface area contributed by atoms with Crippen molar-refractivity contribution in [2.24, 2.45) is 0 Å². The molecule has 2 aromatic heterocycles. The molecule has 2 saturated heterocycles. The van der Waals surface area contributed by atoms with E-state index in [1.165, 1.54) is 35.2 Å². The maximum absolute atomic E-state index is 12.1. The minimum Gasteiger partial charge on any atom is -0.354 e. The summed E-state index contributed by atoms with van der Waals surface area (Å²) in [5.74, 6) is 0.398. The predicted octanol–water partition coefficient (Wildman–Crippen LogP) is 0.945. The zero-order chi connectivity index (χ0) is 18.5. The summed E-state index contributed by atoms with van der Waals surface area (Å²) in [6, 6.07) is 8.51. The average molecular weight is 367 g/mol. The van der Waals surface area contributed by atoms with Crippen molar-refractivity contribution in [2.45, 2.75) is 31.5 Å². The maximum Gasteiger partial charge on any atom is 0.334 e. The third-order valence-electron chi connectivity index (χ3n) is 5.75. The molecule has 2 fully saturated rings. The van der Waals surface area contributed by atoms with E-state index in [0.717, 1.165) is 25.0 Å². The standard InChI is InChI=1S/C19H21N5O3/c1-22-10-13-3-4-14(11-22)24(13)9-12-2-5-16-15(8-12)18(21-27-16)23-7-6-17(25)20-19(23)26/h2,5-8,13-14H,3-4,9-11H2,1H3,(H,20,25,26)/t13-,14+. The molecule has 0 unspecified atom stereocenters. The van der Waals surface area contributed by atoms with Crippen molar-refractivity contribution in [3.63, 3.8) is 0 Å². The molecule has 8 nitrogen and oxygen atoms in total. The molecule has 2 atom stereocenters. The number of aromatic amines is 1. The lowest BCUT2D eigenvalue weighted by atomic mass is 10.1. The molecule has 0 saturated carbocycles. The van der Waals surface area contributed by atoms with E-state index in [-0.39, 0.29) is 0 Å². The number of rotatable bonds is 3. The van der Waals surface area contributed by atoms with Crippen LogP contribution in [0.15, 0.2) is 44.6 Å². The molecule has 2 aliphatic rings. The van der Waals surface area contributed by atoms with Gasteiger partial charge in [0, 0.05) is 44.0 Å². The normalized spacial score (nSPS) is 23.3. The van der Waals surface area contributed by atoms with Crippen LogP contribution in [-0.4, -0.2) is 56.7 Å². The number of benzene rings is 1. The summed E-state index contributed by atoms with van der Waals surface area (Å²) in [5, 5.41) is 4.81. The number of H-pyrrole nitrogens is 1. The number of nitrogens with one attached hydrogen (secondary N) is 1. The van der Waals surface area contributed by atoms with Crippen LogP contribution < -0.4 is 11.2 Å². The summed E-state index contributed by atoms with van der Waals surface area (Å²) < 4.78 is 6.68. The van der Waals surface area contributed by atoms with Gasteiger partial charge in [-0.1, -0.05) is 11.2 Å². The molecule has 140 valence electrons. The van der Waals surface area contributed by atoms with E-state index in [0.29, 0.717) is 23.5 Å². The first-order valence-electron chi connectivity index (χ1n) is 9.23. The zero-order valence-electron chi connectivity index (χ0n) is 15.1. The second-order valence-electron chi connectivity index (χ2n) is 7.60. The molecule has 1 N–H and O–H groups in total. The number of hydrogen-bond acceptors (Lipinski definition) is 6. The van der Waals surface area contributed by atoms with Gasteiger partial charge in [0.2, 0.25) is 0 Å². The number of hydrogen-bond donors (Lipinski definition) is 1. The lowest BCUT2D eigenvalue weighted by molar-refractivity contribution is 0.0760. The SMILES string of the molecule is CN1C[C@H]2CC[C@@H](C1)N2Cc1ccc2onc(-n3ccc(=O)[nH]c3=O)c2c1. The van der Waals surface area contributed by atoms with Gasteiger partial charge in [0.05, 0.1) is 5.39 Å². The van der Waals surface area contributed by atoms with Crippen molar-refractivity contribution in [3.8, 4) is 5.82 Å². The maximum atomic E-state index is 12.1. The molecule has 0 spiro atoms. The molecule has 4 heterocycles. The van der Waals surface area contributed by atoms with Gasteiger partial charge >= 0.3 is 5.69 Å². The van der Waals surface area contributed by atoms with Crippen LogP contribution in [0.25, 0.3) is 16.8 Å². The molecule has 0 amide bonds. The molecule has 8 heteroatoms. The molecule has 0 aliphatic carbocycles. The summed E-state index contributed by atoms with van der Waals surface area (Å²) in [6.45, 7) is 3.11. The van der Waals surface area contributed by atoms with E-state index in [9.17, 15) is 9.59 Å². The molecule has 1 aromatic carbocycles. The number of aromatic nitrogens is 3. The molecule has 2 bridgehead atoms. The highest BCUT2D eigenvalue weighted by Gasteiger charge is 2.38. The first kappa shape index (κ1) is 16.5. The minimum absolute atomic E-state index is 0.398. The van der Waals surface area contributed by atoms with Gasteiger partial charge in [-0.2, -0.15) is 0 Å². The van der Waals surface area contributed by atoms with Gasteiger partial charge in [-0.3, -0.25) is 14.7 Å². The lowest BCUT2D eigenvalue weighted by Gasteiger charge is -2.39. The lowest BCUT2D eigenvalue weighted by Crippen LogP contribution is -2.51. The minimum atomic E-state index is -0.528. The van der Waals surface area contributed by atoms with Crippen LogP contribution in [0.3, 0.4) is 0 Å². The van der Waals surface area contributed by atoms with Crippen molar-refractivity contribution in [1.82, 2.24) is 24.5 Å². The summed E-state index contributed by atoms with van der Waals surface area (Å²) in [5.41, 5.74) is 0.828. The number of nitrogens with zero attached hydrogens (tertiary/aromatic N) is 4. The van der Waals surface area contributed by atoms with Crippen molar-refractivity contribution in [2.75, 3.05) is 20.1 Å². The largest absolute Gasteiger partial charge is 0.354 e. The number of piperazine rings is 1. The van der Waals surface area contributed by atoms with Crippen LogP contribution in [0.4, 0.5) is 0 Å². The predicted molar refractivity (Wildman–Crippen MR) is 100 cm³/mol. The molecular weight excluding hydrogens is 346 g/mol. The Kier molecular flexibility index (Phi) is 3.76. The molecular formula is C19H21N5O3. The highest BCUT2D eigenvalue weighted by atomic mass is 16.5. The van der Waals surface area contributed by atoms with Crippen LogP contribution in [0.2, 0.25) is 0 Å². The monoisotopic (exact) mass is 367 g/mol. The van der Waals surface area contributed by atoms with E-state index >= 15 is 0 Å². The van der Waals surface area contributed by atoms with E-state index in [1.54, 1.807) is 0 Å². The van der Waals surface area contributed by atoms with Crippen LogP contribution in [-0.2, 0) is 6.54 Å². The van der Waals surface area contributed by atoms with Gasteiger partial charge in [0.15, 0.2) is 11.4 Å². The van der Waals surface area contributed by atoms with Gasteiger partial charge in [-0.15, -0.1) is 0 Å². The third-order valence-corrected chi connectivity index (χ3v) is 5.75. The van der Waals surface area contributed by atoms with Gasteiger partial charge in [-0.25, -0.2) is 9.36 Å². The first-order valence-corrected chi connectivity index (χ1v) is 9.23. The van der Waals surface area contributed by atoms with E-state index < -0.39 is 11.2 Å². The van der Waals surface area contributed by atoms with Gasteiger partial charge < -0.3 is 9.42 Å². The Hall–Kier alpha value is -2.71. The Morgan fingerprint density at radius 3 is 2.70 bits per heavy atom. The summed E-state index contributed by atoms with van der Waals surface area (Å²) >= 11 is 0. The van der Waals surface area contributed by atoms with E-state index in [4.69, 9.17) is 4.52 Å². The van der Waals surface area contributed by atoms with E-state index in [1.807, 2.05) is 12.1 Å². The number of likely N-dealkylation sites (N-methyl/N-ethyl adjacent to an activating group) is 1. The van der Waals surface area contributed by atoms with Crippen molar-refractivity contribution in [3.05, 3.63) is 56.9 Å². The topological polar surface area (TPSA) is 87.4 Å². The number of fused-ring (bicyclic) bond motifs is 3. The Balaban J connectivity index is 1.50. The molecule has 3 aromatic rings. The zero-order valence-corrected chi connectivity index (χ0v) is 15.1. The van der Waals surface area contributed by atoms with Gasteiger partial charge in [0.1, 0.15) is 0 Å². The quantitative estimate of drug-likeness (QED) is 0.742. The number of likely N-dealkylation sites (tertiary alicyclic amines) is 1. The van der Waals surface area contributed by atoms with E-state index in [2.05, 4.69) is 33.1 Å². The van der Waals surface area contributed by atoms with Gasteiger partial charge in [0.25, 0.3) is 5.56 Å². The summed E-state index contributed by atoms with van der Waals surface area (Å²) in [4.78, 5) is 30.7. The second kappa shape index (κ2) is 6.17. The molecule has 2 aliphatic heterocycles. The summed E-state index contributed by atoms with van der Waals surface area (Å²) in [7, 11) is 2.19. The fourth-order valence-corrected chi connectivity index (χ4v) is 4.50. The fourth-order valence-electron chi connectivity index (χ4n) is 4.50. The van der Waals surface area contributed by atoms with Crippen LogP contribution in [0.5, 0.6) is 0 Å². The average Bonchev–Trinajstić information content (AvgIpc) is 3.14. The Labute approximate surface area is 155 Å². The molecule has 5 rings (SSSR count). The van der Waals surface area contributed by atoms with Crippen molar-refractivity contribution < 1.29 is 4.52 Å². The highest BCUT2D eigenvalue weighted by Crippen LogP contribution is 2.32. The Morgan fingerprint density at radius 2 is 1.96 bits per heavy atom. The van der Waals surface area contributed by atoms with Crippen LogP contribution >= 0.6 is 0 Å². The van der Waals surface area contributed by atoms with Crippen LogP contribution in [0, 0.1) is 0 Å². The second-order valence-corrected chi connectivity index (χ2v) is 7.60. The summed E-state index contributed by atoms with van der Waals surface area (Å²) in [6.07, 6.45) is 3.93. The highest BCUT2D eigenvalue weighted by molar-refractivity contribution is 5.84. The van der Waals surface area contributed by atoms with Gasteiger partial charge in [-0.05, 0) is 37.6 Å². The van der Waals surface area contributed by atoms with Crippen LogP contribution in [0.1, 0.15) is 18.4 Å². The van der Waals surface area contributed by atoms with Crippen molar-refractivity contribution >= 4 is 11.0 Å². The Morgan fingerprint density at radius 1 is 1.19 bits per heavy atom. The molecule has 27 heavy (non-hydrogen) atoms. The molecule has 0 radical (unpaired) electrons. The third kappa shape index (κ3) is 2.81. The fraction of sp³-hybridized carbons (Fsp3) is 0.421.